The summed E-state index contributed by atoms with van der Waals surface area (Å²) in [5.74, 6) is 0. The zero-order chi connectivity index (χ0) is 10.8. The summed E-state index contributed by atoms with van der Waals surface area (Å²) < 4.78 is 0. The fourth-order valence-electron chi connectivity index (χ4n) is 1.83. The Balaban J connectivity index is 2.46. The molecule has 4 heteroatoms. The van der Waals surface area contributed by atoms with Crippen LogP contribution < -0.4 is 0 Å². The van der Waals surface area contributed by atoms with Crippen molar-refractivity contribution in [1.29, 1.82) is 5.26 Å². The maximum Gasteiger partial charge on any atom is 0.114 e. The van der Waals surface area contributed by atoms with Crippen LogP contribution in [0.1, 0.15) is 16.8 Å². The minimum absolute atomic E-state index is 0.705. The second-order valence-corrected chi connectivity index (χ2v) is 4.55. The molecule has 0 radical (unpaired) electrons. The summed E-state index contributed by atoms with van der Waals surface area (Å²) in [6.45, 7) is 1.96. The maximum absolute atomic E-state index is 9.00. The lowest BCUT2D eigenvalue weighted by molar-refractivity contribution is 0.309. The third kappa shape index (κ3) is 1.99. The number of hydrogen-bond acceptors (Lipinski definition) is 4. The van der Waals surface area contributed by atoms with Crippen LogP contribution in [0.15, 0.2) is 11.1 Å². The number of nitriles is 1. The van der Waals surface area contributed by atoms with Gasteiger partial charge in [-0.15, -0.1) is 11.8 Å². The first-order valence-corrected chi connectivity index (χ1v) is 6.12. The van der Waals surface area contributed by atoms with Gasteiger partial charge in [-0.05, 0) is 24.9 Å². The molecule has 0 saturated heterocycles. The van der Waals surface area contributed by atoms with E-state index in [0.29, 0.717) is 5.56 Å². The van der Waals surface area contributed by atoms with Gasteiger partial charge in [-0.3, -0.25) is 0 Å². The molecule has 1 aromatic rings. The molecule has 0 aliphatic carbocycles. The minimum atomic E-state index is 0.705. The lowest BCUT2D eigenvalue weighted by Crippen LogP contribution is -2.27. The highest BCUT2D eigenvalue weighted by molar-refractivity contribution is 7.98. The molecule has 0 unspecified atom stereocenters. The highest BCUT2D eigenvalue weighted by atomic mass is 32.2. The Morgan fingerprint density at radius 3 is 3.07 bits per heavy atom. The van der Waals surface area contributed by atoms with Crippen molar-refractivity contribution in [1.82, 2.24) is 9.88 Å². The molecule has 0 atom stereocenters. The number of pyridine rings is 1. The van der Waals surface area contributed by atoms with Crippen LogP contribution in [0.25, 0.3) is 0 Å². The Bertz CT molecular complexity index is 423. The monoisotopic (exact) mass is 219 g/mol. The molecule has 1 aliphatic heterocycles. The standard InChI is InChI=1S/C11H13N3S/c1-14-4-3-10-9(7-14)5-8(6-12)11(13-10)15-2/h5H,3-4,7H2,1-2H3. The molecule has 0 fully saturated rings. The predicted molar refractivity (Wildman–Crippen MR) is 60.8 cm³/mol. The number of likely N-dealkylation sites (N-methyl/N-ethyl adjacent to an activating group) is 1. The molecule has 3 nitrogen and oxygen atoms in total. The van der Waals surface area contributed by atoms with Gasteiger partial charge in [0, 0.05) is 25.2 Å². The normalized spacial score (nSPS) is 15.8. The summed E-state index contributed by atoms with van der Waals surface area (Å²) in [7, 11) is 2.09. The summed E-state index contributed by atoms with van der Waals surface area (Å²) in [6.07, 6.45) is 2.95. The molecule has 0 bridgehead atoms. The first kappa shape index (κ1) is 10.5. The molecule has 15 heavy (non-hydrogen) atoms. The molecule has 0 aromatic carbocycles. The lowest BCUT2D eigenvalue weighted by atomic mass is 10.0. The molecule has 2 heterocycles. The van der Waals surface area contributed by atoms with Gasteiger partial charge in [0.2, 0.25) is 0 Å². The topological polar surface area (TPSA) is 39.9 Å². The Hall–Kier alpha value is -1.05. The van der Waals surface area contributed by atoms with E-state index in [9.17, 15) is 0 Å². The summed E-state index contributed by atoms with van der Waals surface area (Å²) in [5.41, 5.74) is 3.08. The minimum Gasteiger partial charge on any atom is -0.302 e. The molecule has 1 aliphatic rings. The highest BCUT2D eigenvalue weighted by Crippen LogP contribution is 2.24. The SMILES string of the molecule is CSc1nc2c(cc1C#N)CN(C)CC2. The van der Waals surface area contributed by atoms with Crippen LogP contribution >= 0.6 is 11.8 Å². The quantitative estimate of drug-likeness (QED) is 0.673. The lowest BCUT2D eigenvalue weighted by Gasteiger charge is -2.24. The van der Waals surface area contributed by atoms with Crippen LogP contribution in [0, 0.1) is 11.3 Å². The van der Waals surface area contributed by atoms with E-state index in [4.69, 9.17) is 5.26 Å². The molecule has 0 spiro atoms. The van der Waals surface area contributed by atoms with Crippen LogP contribution in [0.4, 0.5) is 0 Å². The average Bonchev–Trinajstić information content (AvgIpc) is 2.27. The van der Waals surface area contributed by atoms with Crippen molar-refractivity contribution in [2.45, 2.75) is 18.0 Å². The maximum atomic E-state index is 9.00. The van der Waals surface area contributed by atoms with Crippen molar-refractivity contribution in [3.8, 4) is 6.07 Å². The summed E-state index contributed by atoms with van der Waals surface area (Å²) >= 11 is 1.55. The van der Waals surface area contributed by atoms with Crippen molar-refractivity contribution in [2.24, 2.45) is 0 Å². The molecule has 0 amide bonds. The average molecular weight is 219 g/mol. The summed E-state index contributed by atoms with van der Waals surface area (Å²) in [4.78, 5) is 6.80. The van der Waals surface area contributed by atoms with E-state index in [1.54, 1.807) is 11.8 Å². The smallest absolute Gasteiger partial charge is 0.114 e. The van der Waals surface area contributed by atoms with Crippen LogP contribution in [0.3, 0.4) is 0 Å². The Morgan fingerprint density at radius 1 is 1.60 bits per heavy atom. The number of thioether (sulfide) groups is 1. The van der Waals surface area contributed by atoms with Crippen molar-refractivity contribution >= 4 is 11.8 Å². The number of rotatable bonds is 1. The summed E-state index contributed by atoms with van der Waals surface area (Å²) in [6, 6.07) is 4.20. The van der Waals surface area contributed by atoms with Crippen molar-refractivity contribution in [3.05, 3.63) is 22.9 Å². The third-order valence-electron chi connectivity index (χ3n) is 2.64. The van der Waals surface area contributed by atoms with Crippen molar-refractivity contribution in [2.75, 3.05) is 19.8 Å². The van der Waals surface area contributed by atoms with Gasteiger partial charge in [-0.1, -0.05) is 0 Å². The number of nitrogens with zero attached hydrogens (tertiary/aromatic N) is 3. The second-order valence-electron chi connectivity index (χ2n) is 3.75. The van der Waals surface area contributed by atoms with E-state index in [-0.39, 0.29) is 0 Å². The molecular formula is C11H13N3S. The predicted octanol–water partition coefficient (Wildman–Crippen LogP) is 1.66. The number of hydrogen-bond donors (Lipinski definition) is 0. The molecule has 0 N–H and O–H groups in total. The molecular weight excluding hydrogens is 206 g/mol. The first-order chi connectivity index (χ1) is 7.24. The van der Waals surface area contributed by atoms with Crippen LogP contribution in [0.5, 0.6) is 0 Å². The second kappa shape index (κ2) is 4.21. The van der Waals surface area contributed by atoms with Crippen molar-refractivity contribution in [3.63, 3.8) is 0 Å². The van der Waals surface area contributed by atoms with Gasteiger partial charge in [0.05, 0.1) is 5.56 Å². The zero-order valence-corrected chi connectivity index (χ0v) is 9.77. The molecule has 2 rings (SSSR count). The van der Waals surface area contributed by atoms with Crippen molar-refractivity contribution < 1.29 is 0 Å². The van der Waals surface area contributed by atoms with E-state index < -0.39 is 0 Å². The highest BCUT2D eigenvalue weighted by Gasteiger charge is 2.17. The third-order valence-corrected chi connectivity index (χ3v) is 3.34. The number of aromatic nitrogens is 1. The fourth-order valence-corrected chi connectivity index (χ4v) is 2.36. The van der Waals surface area contributed by atoms with Gasteiger partial charge in [-0.2, -0.15) is 5.26 Å². The number of fused-ring (bicyclic) bond motifs is 1. The van der Waals surface area contributed by atoms with E-state index in [1.165, 1.54) is 5.56 Å². The van der Waals surface area contributed by atoms with Crippen LogP contribution in [-0.4, -0.2) is 29.7 Å². The Labute approximate surface area is 94.1 Å². The van der Waals surface area contributed by atoms with Crippen LogP contribution in [-0.2, 0) is 13.0 Å². The molecule has 0 saturated carbocycles. The van der Waals surface area contributed by atoms with E-state index >= 15 is 0 Å². The van der Waals surface area contributed by atoms with Gasteiger partial charge in [0.1, 0.15) is 11.1 Å². The molecule has 1 aromatic heterocycles. The Morgan fingerprint density at radius 2 is 2.40 bits per heavy atom. The van der Waals surface area contributed by atoms with E-state index in [1.807, 2.05) is 12.3 Å². The van der Waals surface area contributed by atoms with Gasteiger partial charge in [-0.25, -0.2) is 4.98 Å². The molecule has 78 valence electrons. The van der Waals surface area contributed by atoms with Gasteiger partial charge in [0.15, 0.2) is 0 Å². The fraction of sp³-hybridized carbons (Fsp3) is 0.455. The van der Waals surface area contributed by atoms with Crippen LogP contribution in [0.2, 0.25) is 0 Å². The van der Waals surface area contributed by atoms with E-state index in [2.05, 4.69) is 23.0 Å². The summed E-state index contributed by atoms with van der Waals surface area (Å²) in [5, 5.41) is 9.86. The largest absolute Gasteiger partial charge is 0.302 e. The first-order valence-electron chi connectivity index (χ1n) is 4.90. The van der Waals surface area contributed by atoms with Gasteiger partial charge in [0.25, 0.3) is 0 Å². The Kier molecular flexibility index (Phi) is 2.94. The zero-order valence-electron chi connectivity index (χ0n) is 8.95. The van der Waals surface area contributed by atoms with Gasteiger partial charge >= 0.3 is 0 Å². The van der Waals surface area contributed by atoms with Gasteiger partial charge < -0.3 is 4.90 Å². The van der Waals surface area contributed by atoms with E-state index in [0.717, 1.165) is 30.2 Å².